The van der Waals surface area contributed by atoms with Gasteiger partial charge in [-0.15, -0.1) is 0 Å². The lowest BCUT2D eigenvalue weighted by Gasteiger charge is -2.37. The maximum Gasteiger partial charge on any atom is 0.224 e. The number of amides is 1. The number of H-pyrrole nitrogens is 1. The van der Waals surface area contributed by atoms with E-state index in [2.05, 4.69) is 15.2 Å². The first-order valence-electron chi connectivity index (χ1n) is 10.4. The normalized spacial score (nSPS) is 18.4. The second-order valence-electron chi connectivity index (χ2n) is 7.65. The lowest BCUT2D eigenvalue weighted by atomic mass is 9.90. The van der Waals surface area contributed by atoms with Gasteiger partial charge in [-0.3, -0.25) is 14.5 Å². The molecule has 29 heavy (non-hydrogen) atoms. The van der Waals surface area contributed by atoms with E-state index in [1.807, 2.05) is 67.7 Å². The number of hydrogen-bond donors (Lipinski definition) is 2. The molecule has 3 aromatic rings. The van der Waals surface area contributed by atoms with Gasteiger partial charge in [-0.2, -0.15) is 0 Å². The number of piperidine rings is 1. The minimum Gasteiger partial charge on any atom is -0.360 e. The van der Waals surface area contributed by atoms with Crippen LogP contribution < -0.4 is 5.32 Å². The van der Waals surface area contributed by atoms with Crippen molar-refractivity contribution in [2.75, 3.05) is 19.6 Å². The molecule has 1 fully saturated rings. The van der Waals surface area contributed by atoms with Gasteiger partial charge in [0, 0.05) is 35.8 Å². The third kappa shape index (κ3) is 3.96. The van der Waals surface area contributed by atoms with E-state index in [1.165, 1.54) is 0 Å². The van der Waals surface area contributed by atoms with Crippen molar-refractivity contribution in [2.24, 2.45) is 5.92 Å². The Kier molecular flexibility index (Phi) is 5.76. The van der Waals surface area contributed by atoms with Crippen molar-refractivity contribution in [1.29, 1.82) is 0 Å². The number of carbonyl (C=O) groups is 2. The maximum absolute atomic E-state index is 13.8. The summed E-state index contributed by atoms with van der Waals surface area (Å²) < 4.78 is 0. The Hall–Kier alpha value is -2.92. The van der Waals surface area contributed by atoms with E-state index in [-0.39, 0.29) is 17.6 Å². The number of aromatic nitrogens is 1. The molecule has 5 nitrogen and oxygen atoms in total. The Labute approximate surface area is 171 Å². The first kappa shape index (κ1) is 19.4. The molecule has 4 rings (SSSR count). The van der Waals surface area contributed by atoms with E-state index in [9.17, 15) is 9.59 Å². The van der Waals surface area contributed by atoms with Crippen LogP contribution in [0.1, 0.15) is 41.7 Å². The average molecular weight is 389 g/mol. The molecule has 0 bridgehead atoms. The van der Waals surface area contributed by atoms with Crippen LogP contribution in [0.3, 0.4) is 0 Å². The molecular formula is C24H27N3O2. The molecule has 1 aliphatic rings. The molecule has 2 aromatic carbocycles. The van der Waals surface area contributed by atoms with Crippen LogP contribution in [0.2, 0.25) is 0 Å². The Balaban J connectivity index is 1.69. The summed E-state index contributed by atoms with van der Waals surface area (Å²) in [6.07, 6.45) is 3.59. The second-order valence-corrected chi connectivity index (χ2v) is 7.65. The fraction of sp³-hybridized carbons (Fsp3) is 0.333. The Bertz CT molecular complexity index is 996. The number of rotatable bonds is 6. The smallest absolute Gasteiger partial charge is 0.224 e. The standard InChI is InChI=1S/C24H27N3O2/c1-2-25-24(29)18-11-8-14-27(16-18)22(17-9-4-3-5-10-17)23(28)20-15-26-21-13-7-6-12-19(20)21/h3-7,9-10,12-13,15,18,22,26H,2,8,11,14,16H2,1H3,(H,25,29). The number of ketones is 1. The van der Waals surface area contributed by atoms with Gasteiger partial charge in [-0.05, 0) is 37.9 Å². The molecule has 2 atom stereocenters. The minimum atomic E-state index is -0.396. The Morgan fingerprint density at radius 3 is 2.69 bits per heavy atom. The van der Waals surface area contributed by atoms with Gasteiger partial charge in [0.25, 0.3) is 0 Å². The molecule has 0 aliphatic carbocycles. The summed E-state index contributed by atoms with van der Waals surface area (Å²) in [4.78, 5) is 31.6. The van der Waals surface area contributed by atoms with E-state index in [4.69, 9.17) is 0 Å². The monoisotopic (exact) mass is 389 g/mol. The number of Topliss-reactive ketones (excluding diaryl/α,β-unsaturated/α-hetero) is 1. The molecule has 1 aromatic heterocycles. The van der Waals surface area contributed by atoms with Crippen LogP contribution in [-0.2, 0) is 4.79 Å². The average Bonchev–Trinajstić information content (AvgIpc) is 3.19. The fourth-order valence-electron chi connectivity index (χ4n) is 4.36. The van der Waals surface area contributed by atoms with E-state index in [0.29, 0.717) is 18.7 Å². The van der Waals surface area contributed by atoms with Crippen LogP contribution in [0.25, 0.3) is 10.9 Å². The molecule has 2 heterocycles. The topological polar surface area (TPSA) is 65.2 Å². The first-order valence-corrected chi connectivity index (χ1v) is 10.4. The number of nitrogens with zero attached hydrogens (tertiary/aromatic N) is 1. The third-order valence-electron chi connectivity index (χ3n) is 5.76. The van der Waals surface area contributed by atoms with E-state index in [1.54, 1.807) is 0 Å². The summed E-state index contributed by atoms with van der Waals surface area (Å²) in [6.45, 7) is 3.97. The van der Waals surface area contributed by atoms with E-state index >= 15 is 0 Å². The molecule has 2 N–H and O–H groups in total. The van der Waals surface area contributed by atoms with Crippen LogP contribution in [0.4, 0.5) is 0 Å². The molecule has 2 unspecified atom stereocenters. The van der Waals surface area contributed by atoms with Gasteiger partial charge in [0.15, 0.2) is 5.78 Å². The number of fused-ring (bicyclic) bond motifs is 1. The molecule has 0 spiro atoms. The van der Waals surface area contributed by atoms with E-state index in [0.717, 1.165) is 35.9 Å². The zero-order chi connectivity index (χ0) is 20.2. The second kappa shape index (κ2) is 8.62. The fourth-order valence-corrected chi connectivity index (χ4v) is 4.36. The Morgan fingerprint density at radius 2 is 1.90 bits per heavy atom. The highest BCUT2D eigenvalue weighted by atomic mass is 16.2. The lowest BCUT2D eigenvalue weighted by molar-refractivity contribution is -0.126. The molecule has 1 amide bonds. The quantitative estimate of drug-likeness (QED) is 0.628. The zero-order valence-electron chi connectivity index (χ0n) is 16.7. The third-order valence-corrected chi connectivity index (χ3v) is 5.76. The number of hydrogen-bond acceptors (Lipinski definition) is 3. The summed E-state index contributed by atoms with van der Waals surface area (Å²) in [5, 5.41) is 3.88. The summed E-state index contributed by atoms with van der Waals surface area (Å²) >= 11 is 0. The lowest BCUT2D eigenvalue weighted by Crippen LogP contribution is -2.46. The number of nitrogens with one attached hydrogen (secondary N) is 2. The van der Waals surface area contributed by atoms with Crippen molar-refractivity contribution < 1.29 is 9.59 Å². The molecule has 0 saturated carbocycles. The predicted octanol–water partition coefficient (Wildman–Crippen LogP) is 3.94. The van der Waals surface area contributed by atoms with Gasteiger partial charge in [0.05, 0.1) is 12.0 Å². The highest BCUT2D eigenvalue weighted by molar-refractivity contribution is 6.10. The largest absolute Gasteiger partial charge is 0.360 e. The summed E-state index contributed by atoms with van der Waals surface area (Å²) in [5.74, 6) is 0.0828. The SMILES string of the molecule is CCNC(=O)C1CCCN(C(C(=O)c2c[nH]c3ccccc23)c2ccccc2)C1. The highest BCUT2D eigenvalue weighted by Crippen LogP contribution is 2.32. The molecule has 150 valence electrons. The predicted molar refractivity (Wildman–Crippen MR) is 115 cm³/mol. The minimum absolute atomic E-state index is 0.0743. The summed E-state index contributed by atoms with van der Waals surface area (Å²) in [6, 6.07) is 17.4. The van der Waals surface area contributed by atoms with Gasteiger partial charge in [0.2, 0.25) is 5.91 Å². The number of likely N-dealkylation sites (tertiary alicyclic amines) is 1. The van der Waals surface area contributed by atoms with Gasteiger partial charge >= 0.3 is 0 Å². The molecule has 0 radical (unpaired) electrons. The van der Waals surface area contributed by atoms with E-state index < -0.39 is 6.04 Å². The number of benzene rings is 2. The number of carbonyl (C=O) groups excluding carboxylic acids is 2. The van der Waals surface area contributed by atoms with Crippen molar-refractivity contribution in [1.82, 2.24) is 15.2 Å². The Morgan fingerprint density at radius 1 is 1.14 bits per heavy atom. The molecule has 1 aliphatic heterocycles. The van der Waals surface area contributed by atoms with Gasteiger partial charge in [-0.25, -0.2) is 0 Å². The van der Waals surface area contributed by atoms with Crippen molar-refractivity contribution in [3.05, 3.63) is 71.9 Å². The molecule has 5 heteroatoms. The number of para-hydroxylation sites is 1. The zero-order valence-corrected chi connectivity index (χ0v) is 16.7. The van der Waals surface area contributed by atoms with Crippen LogP contribution >= 0.6 is 0 Å². The van der Waals surface area contributed by atoms with Crippen molar-refractivity contribution in [3.8, 4) is 0 Å². The van der Waals surface area contributed by atoms with Crippen LogP contribution in [-0.4, -0.2) is 41.2 Å². The van der Waals surface area contributed by atoms with Crippen molar-refractivity contribution in [3.63, 3.8) is 0 Å². The highest BCUT2D eigenvalue weighted by Gasteiger charge is 2.35. The van der Waals surface area contributed by atoms with Crippen LogP contribution in [0.5, 0.6) is 0 Å². The van der Waals surface area contributed by atoms with Crippen LogP contribution in [0.15, 0.2) is 60.8 Å². The van der Waals surface area contributed by atoms with Gasteiger partial charge in [-0.1, -0.05) is 48.5 Å². The van der Waals surface area contributed by atoms with Gasteiger partial charge in [0.1, 0.15) is 0 Å². The van der Waals surface area contributed by atoms with Gasteiger partial charge < -0.3 is 10.3 Å². The molecule has 1 saturated heterocycles. The summed E-state index contributed by atoms with van der Waals surface area (Å²) in [7, 11) is 0. The number of aromatic amines is 1. The van der Waals surface area contributed by atoms with Crippen LogP contribution in [0, 0.1) is 5.92 Å². The molecular weight excluding hydrogens is 362 g/mol. The summed E-state index contributed by atoms with van der Waals surface area (Å²) in [5.41, 5.74) is 2.63. The maximum atomic E-state index is 13.8. The van der Waals surface area contributed by atoms with Crippen molar-refractivity contribution in [2.45, 2.75) is 25.8 Å². The first-order chi connectivity index (χ1) is 14.2. The van der Waals surface area contributed by atoms with Crippen molar-refractivity contribution >= 4 is 22.6 Å².